The maximum atomic E-state index is 5.44. The van der Waals surface area contributed by atoms with Crippen molar-refractivity contribution in [3.05, 3.63) is 34.9 Å². The van der Waals surface area contributed by atoms with Gasteiger partial charge in [0.05, 0.1) is 13.2 Å². The van der Waals surface area contributed by atoms with Crippen LogP contribution in [-0.4, -0.2) is 6.54 Å². The number of benzene rings is 1. The lowest BCUT2D eigenvalue weighted by molar-refractivity contribution is 0.134. The Hall–Kier alpha value is -1.30. The molecule has 0 spiro atoms. The Balaban J connectivity index is 2.15. The van der Waals surface area contributed by atoms with Gasteiger partial charge in [-0.05, 0) is 29.7 Å². The van der Waals surface area contributed by atoms with Crippen LogP contribution in [0, 0.1) is 12.3 Å². The van der Waals surface area contributed by atoms with Gasteiger partial charge in [-0.15, -0.1) is 12.3 Å². The largest absolute Gasteiger partial charge is 0.372 e. The predicted octanol–water partition coefficient (Wildman–Crippen LogP) is 2.78. The van der Waals surface area contributed by atoms with Crippen LogP contribution in [0.15, 0.2) is 18.2 Å². The minimum Gasteiger partial charge on any atom is -0.372 e. The second kappa shape index (κ2) is 5.86. The molecular weight excluding hydrogens is 210 g/mol. The van der Waals surface area contributed by atoms with Crippen molar-refractivity contribution in [2.45, 2.75) is 39.0 Å². The fourth-order valence-electron chi connectivity index (χ4n) is 2.15. The molecule has 0 amide bonds. The number of hydrogen-bond donors (Lipinski definition) is 1. The SMILES string of the molecule is C#CCC(NCCC)c1ccc2c(c1)COC2. The van der Waals surface area contributed by atoms with Gasteiger partial charge in [0.15, 0.2) is 0 Å². The summed E-state index contributed by atoms with van der Waals surface area (Å²) in [6.07, 6.45) is 7.29. The molecule has 1 aliphatic rings. The molecule has 1 unspecified atom stereocenters. The fourth-order valence-corrected chi connectivity index (χ4v) is 2.15. The van der Waals surface area contributed by atoms with Crippen molar-refractivity contribution in [3.63, 3.8) is 0 Å². The van der Waals surface area contributed by atoms with E-state index in [4.69, 9.17) is 11.2 Å². The maximum Gasteiger partial charge on any atom is 0.0725 e. The van der Waals surface area contributed by atoms with Gasteiger partial charge in [0.2, 0.25) is 0 Å². The first-order valence-electron chi connectivity index (χ1n) is 6.21. The van der Waals surface area contributed by atoms with E-state index >= 15 is 0 Å². The third-order valence-electron chi connectivity index (χ3n) is 3.11. The van der Waals surface area contributed by atoms with Gasteiger partial charge in [-0.25, -0.2) is 0 Å². The van der Waals surface area contributed by atoms with Crippen molar-refractivity contribution in [2.75, 3.05) is 6.54 Å². The Morgan fingerprint density at radius 1 is 1.41 bits per heavy atom. The highest BCUT2D eigenvalue weighted by molar-refractivity contribution is 5.35. The zero-order valence-corrected chi connectivity index (χ0v) is 10.3. The van der Waals surface area contributed by atoms with Crippen LogP contribution in [0.3, 0.4) is 0 Å². The summed E-state index contributed by atoms with van der Waals surface area (Å²) in [6.45, 7) is 4.65. The number of hydrogen-bond acceptors (Lipinski definition) is 2. The molecule has 0 saturated heterocycles. The predicted molar refractivity (Wildman–Crippen MR) is 69.4 cm³/mol. The summed E-state index contributed by atoms with van der Waals surface area (Å²) in [7, 11) is 0. The van der Waals surface area contributed by atoms with Crippen molar-refractivity contribution in [1.29, 1.82) is 0 Å². The topological polar surface area (TPSA) is 21.3 Å². The molecule has 2 rings (SSSR count). The monoisotopic (exact) mass is 229 g/mol. The van der Waals surface area contributed by atoms with Crippen molar-refractivity contribution in [2.24, 2.45) is 0 Å². The summed E-state index contributed by atoms with van der Waals surface area (Å²) in [4.78, 5) is 0. The molecule has 0 fully saturated rings. The average molecular weight is 229 g/mol. The molecule has 0 aromatic heterocycles. The molecule has 1 aromatic carbocycles. The van der Waals surface area contributed by atoms with E-state index in [1.807, 2.05) is 0 Å². The van der Waals surface area contributed by atoms with Crippen LogP contribution in [0.25, 0.3) is 0 Å². The molecule has 0 bridgehead atoms. The Labute approximate surface area is 103 Å². The molecule has 2 nitrogen and oxygen atoms in total. The molecule has 17 heavy (non-hydrogen) atoms. The van der Waals surface area contributed by atoms with Gasteiger partial charge in [0.25, 0.3) is 0 Å². The molecule has 0 radical (unpaired) electrons. The summed E-state index contributed by atoms with van der Waals surface area (Å²) in [6, 6.07) is 6.82. The molecule has 2 heteroatoms. The first-order chi connectivity index (χ1) is 8.35. The minimum absolute atomic E-state index is 0.269. The van der Waals surface area contributed by atoms with Crippen LogP contribution >= 0.6 is 0 Å². The summed E-state index contributed by atoms with van der Waals surface area (Å²) < 4.78 is 5.43. The van der Waals surface area contributed by atoms with Crippen LogP contribution in [0.4, 0.5) is 0 Å². The summed E-state index contributed by atoms with van der Waals surface area (Å²) in [5.74, 6) is 2.75. The van der Waals surface area contributed by atoms with Crippen molar-refractivity contribution in [3.8, 4) is 12.3 Å². The summed E-state index contributed by atoms with van der Waals surface area (Å²) in [5, 5.41) is 3.49. The lowest BCUT2D eigenvalue weighted by atomic mass is 9.99. The Bertz CT molecular complexity index is 419. The molecular formula is C15H19NO. The Morgan fingerprint density at radius 2 is 2.24 bits per heavy atom. The van der Waals surface area contributed by atoms with Gasteiger partial charge >= 0.3 is 0 Å². The number of fused-ring (bicyclic) bond motifs is 1. The summed E-state index contributed by atoms with van der Waals surface area (Å²) in [5.41, 5.74) is 3.90. The normalized spacial score (nSPS) is 15.3. The maximum absolute atomic E-state index is 5.44. The van der Waals surface area contributed by atoms with Crippen LogP contribution < -0.4 is 5.32 Å². The molecule has 1 aliphatic heterocycles. The third-order valence-corrected chi connectivity index (χ3v) is 3.11. The van der Waals surface area contributed by atoms with Gasteiger partial charge < -0.3 is 10.1 Å². The summed E-state index contributed by atoms with van der Waals surface area (Å²) >= 11 is 0. The van der Waals surface area contributed by atoms with Crippen LogP contribution in [-0.2, 0) is 18.0 Å². The van der Waals surface area contributed by atoms with E-state index in [-0.39, 0.29) is 6.04 Å². The van der Waals surface area contributed by atoms with E-state index in [0.717, 1.165) is 32.6 Å². The minimum atomic E-state index is 0.269. The van der Waals surface area contributed by atoms with Crippen LogP contribution in [0.1, 0.15) is 42.5 Å². The molecule has 1 heterocycles. The molecule has 1 aromatic rings. The quantitative estimate of drug-likeness (QED) is 0.784. The van der Waals surface area contributed by atoms with Gasteiger partial charge in [0.1, 0.15) is 0 Å². The highest BCUT2D eigenvalue weighted by atomic mass is 16.5. The first kappa shape index (κ1) is 12.2. The standard InChI is InChI=1S/C15H19NO/c1-3-5-15(16-8-4-2)12-6-7-13-10-17-11-14(13)9-12/h1,6-7,9,15-16H,4-5,8,10-11H2,2H3. The van der Waals surface area contributed by atoms with Crippen LogP contribution in [0.5, 0.6) is 0 Å². The van der Waals surface area contributed by atoms with E-state index in [1.54, 1.807) is 0 Å². The fraction of sp³-hybridized carbons (Fsp3) is 0.467. The van der Waals surface area contributed by atoms with Crippen LogP contribution in [0.2, 0.25) is 0 Å². The highest BCUT2D eigenvalue weighted by Crippen LogP contribution is 2.25. The lowest BCUT2D eigenvalue weighted by Crippen LogP contribution is -2.21. The molecule has 1 N–H and O–H groups in total. The van der Waals surface area contributed by atoms with E-state index in [1.165, 1.54) is 16.7 Å². The van der Waals surface area contributed by atoms with Crippen molar-refractivity contribution < 1.29 is 4.74 Å². The molecule has 0 saturated carbocycles. The smallest absolute Gasteiger partial charge is 0.0725 e. The molecule has 0 aliphatic carbocycles. The average Bonchev–Trinajstić information content (AvgIpc) is 2.81. The zero-order chi connectivity index (χ0) is 12.1. The second-order valence-corrected chi connectivity index (χ2v) is 4.44. The van der Waals surface area contributed by atoms with Crippen molar-refractivity contribution >= 4 is 0 Å². The first-order valence-corrected chi connectivity index (χ1v) is 6.21. The number of nitrogens with one attached hydrogen (secondary N) is 1. The van der Waals surface area contributed by atoms with Gasteiger partial charge in [0, 0.05) is 12.5 Å². The highest BCUT2D eigenvalue weighted by Gasteiger charge is 2.15. The Kier molecular flexibility index (Phi) is 4.19. The number of ether oxygens (including phenoxy) is 1. The number of terminal acetylenes is 1. The van der Waals surface area contributed by atoms with E-state index < -0.39 is 0 Å². The zero-order valence-electron chi connectivity index (χ0n) is 10.3. The van der Waals surface area contributed by atoms with E-state index in [9.17, 15) is 0 Å². The van der Waals surface area contributed by atoms with E-state index in [0.29, 0.717) is 0 Å². The lowest BCUT2D eigenvalue weighted by Gasteiger charge is -2.17. The van der Waals surface area contributed by atoms with Gasteiger partial charge in [-0.2, -0.15) is 0 Å². The van der Waals surface area contributed by atoms with Gasteiger partial charge in [-0.1, -0.05) is 25.1 Å². The molecule has 1 atom stereocenters. The van der Waals surface area contributed by atoms with Crippen molar-refractivity contribution in [1.82, 2.24) is 5.32 Å². The van der Waals surface area contributed by atoms with E-state index in [2.05, 4.69) is 36.4 Å². The number of rotatable bonds is 5. The second-order valence-electron chi connectivity index (χ2n) is 4.44. The van der Waals surface area contributed by atoms with Gasteiger partial charge in [-0.3, -0.25) is 0 Å². The Morgan fingerprint density at radius 3 is 3.00 bits per heavy atom. The third kappa shape index (κ3) is 2.88. The molecule has 90 valence electrons.